The van der Waals surface area contributed by atoms with Gasteiger partial charge in [-0.2, -0.15) is 0 Å². The third kappa shape index (κ3) is 3.97. The van der Waals surface area contributed by atoms with E-state index in [1.807, 2.05) is 30.3 Å². The van der Waals surface area contributed by atoms with E-state index in [9.17, 15) is 13.6 Å². The maximum absolute atomic E-state index is 13.7. The van der Waals surface area contributed by atoms with E-state index in [0.717, 1.165) is 36.6 Å². The molecule has 2 atom stereocenters. The lowest BCUT2D eigenvalue weighted by Crippen LogP contribution is -2.41. The number of hydrogen-bond acceptors (Lipinski definition) is 2. The number of amides is 1. The Balaban J connectivity index is 1.67. The summed E-state index contributed by atoms with van der Waals surface area (Å²) in [5, 5.41) is 5.77. The average Bonchev–Trinajstić information content (AvgIpc) is 3.41. The molecule has 0 aromatic heterocycles. The number of rotatable bonds is 6. The Morgan fingerprint density at radius 1 is 1.12 bits per heavy atom. The zero-order valence-corrected chi connectivity index (χ0v) is 13.4. The van der Waals surface area contributed by atoms with Crippen LogP contribution in [-0.4, -0.2) is 11.9 Å². The summed E-state index contributed by atoms with van der Waals surface area (Å²) >= 11 is 0. The van der Waals surface area contributed by atoms with Gasteiger partial charge in [-0.15, -0.1) is 0 Å². The van der Waals surface area contributed by atoms with E-state index in [0.29, 0.717) is 5.92 Å². The summed E-state index contributed by atoms with van der Waals surface area (Å²) in [7, 11) is 0. The molecule has 1 amide bonds. The zero-order valence-electron chi connectivity index (χ0n) is 13.4. The van der Waals surface area contributed by atoms with Crippen molar-refractivity contribution in [1.82, 2.24) is 5.32 Å². The van der Waals surface area contributed by atoms with E-state index in [1.165, 1.54) is 0 Å². The van der Waals surface area contributed by atoms with Crippen LogP contribution >= 0.6 is 0 Å². The van der Waals surface area contributed by atoms with Crippen molar-refractivity contribution in [2.24, 2.45) is 5.92 Å². The third-order valence-corrected chi connectivity index (χ3v) is 4.26. The van der Waals surface area contributed by atoms with Gasteiger partial charge in [-0.25, -0.2) is 8.78 Å². The molecule has 126 valence electrons. The molecule has 0 unspecified atom stereocenters. The molecule has 5 heteroatoms. The van der Waals surface area contributed by atoms with Crippen molar-refractivity contribution in [1.29, 1.82) is 0 Å². The summed E-state index contributed by atoms with van der Waals surface area (Å²) in [6.07, 6.45) is 2.25. The molecule has 0 spiro atoms. The maximum atomic E-state index is 13.7. The van der Waals surface area contributed by atoms with Crippen molar-refractivity contribution >= 4 is 11.6 Å². The molecule has 1 aliphatic rings. The molecule has 1 saturated carbocycles. The van der Waals surface area contributed by atoms with Crippen LogP contribution in [0.1, 0.15) is 31.4 Å². The average molecular weight is 330 g/mol. The van der Waals surface area contributed by atoms with Gasteiger partial charge in [0.05, 0.1) is 11.7 Å². The first kappa shape index (κ1) is 16.6. The second-order valence-corrected chi connectivity index (χ2v) is 6.23. The Labute approximate surface area is 140 Å². The van der Waals surface area contributed by atoms with Gasteiger partial charge >= 0.3 is 0 Å². The van der Waals surface area contributed by atoms with Gasteiger partial charge in [-0.3, -0.25) is 10.1 Å². The lowest BCUT2D eigenvalue weighted by atomic mass is 10.0. The van der Waals surface area contributed by atoms with Crippen molar-refractivity contribution in [3.63, 3.8) is 0 Å². The first-order valence-electron chi connectivity index (χ1n) is 8.11. The largest absolute Gasteiger partial charge is 0.322 e. The minimum absolute atomic E-state index is 0.0873. The minimum atomic E-state index is -0.654. The number of benzene rings is 2. The molecule has 24 heavy (non-hydrogen) atoms. The summed E-state index contributed by atoms with van der Waals surface area (Å²) in [5.41, 5.74) is 0.993. The number of carbonyl (C=O) groups excluding carboxylic acids is 1. The molecular weight excluding hydrogens is 310 g/mol. The van der Waals surface area contributed by atoms with Crippen LogP contribution in [0.15, 0.2) is 48.5 Å². The number of hydrogen-bond donors (Lipinski definition) is 2. The summed E-state index contributed by atoms with van der Waals surface area (Å²) in [4.78, 5) is 12.3. The van der Waals surface area contributed by atoms with E-state index in [4.69, 9.17) is 0 Å². The quantitative estimate of drug-likeness (QED) is 0.839. The van der Waals surface area contributed by atoms with Gasteiger partial charge in [-0.05, 0) is 43.4 Å². The van der Waals surface area contributed by atoms with Crippen LogP contribution in [0.3, 0.4) is 0 Å². The summed E-state index contributed by atoms with van der Waals surface area (Å²) in [5.74, 6) is -1.12. The fourth-order valence-corrected chi connectivity index (χ4v) is 2.77. The highest BCUT2D eigenvalue weighted by Crippen LogP contribution is 2.41. The highest BCUT2D eigenvalue weighted by Gasteiger charge is 2.34. The normalized spacial score (nSPS) is 16.5. The van der Waals surface area contributed by atoms with Crippen LogP contribution < -0.4 is 10.6 Å². The van der Waals surface area contributed by atoms with Crippen LogP contribution in [0, 0.1) is 17.6 Å². The van der Waals surface area contributed by atoms with Crippen LogP contribution in [0.25, 0.3) is 0 Å². The van der Waals surface area contributed by atoms with E-state index in [2.05, 4.69) is 10.6 Å². The van der Waals surface area contributed by atoms with Crippen LogP contribution in [0.2, 0.25) is 0 Å². The van der Waals surface area contributed by atoms with Crippen molar-refractivity contribution in [2.45, 2.75) is 31.8 Å². The molecule has 0 radical (unpaired) electrons. The third-order valence-electron chi connectivity index (χ3n) is 4.26. The van der Waals surface area contributed by atoms with E-state index in [-0.39, 0.29) is 17.6 Å². The topological polar surface area (TPSA) is 41.1 Å². The van der Waals surface area contributed by atoms with E-state index < -0.39 is 17.7 Å². The van der Waals surface area contributed by atoms with E-state index >= 15 is 0 Å². The summed E-state index contributed by atoms with van der Waals surface area (Å²) < 4.78 is 26.9. The summed E-state index contributed by atoms with van der Waals surface area (Å²) in [6, 6.07) is 12.5. The molecule has 0 aliphatic heterocycles. The molecule has 3 rings (SSSR count). The molecule has 3 nitrogen and oxygen atoms in total. The molecule has 1 fully saturated rings. The van der Waals surface area contributed by atoms with Gasteiger partial charge in [0.15, 0.2) is 0 Å². The number of carbonyl (C=O) groups is 1. The molecule has 0 bridgehead atoms. The number of nitrogens with one attached hydrogen (secondary N) is 2. The molecule has 2 N–H and O–H groups in total. The van der Waals surface area contributed by atoms with Crippen molar-refractivity contribution < 1.29 is 13.6 Å². The Morgan fingerprint density at radius 2 is 1.83 bits per heavy atom. The molecule has 0 saturated heterocycles. The second kappa shape index (κ2) is 7.09. The first-order chi connectivity index (χ1) is 11.5. The van der Waals surface area contributed by atoms with Gasteiger partial charge in [-0.1, -0.05) is 30.3 Å². The number of halogens is 2. The molecule has 0 heterocycles. The van der Waals surface area contributed by atoms with Crippen LogP contribution in [-0.2, 0) is 4.79 Å². The molecule has 1 aliphatic carbocycles. The van der Waals surface area contributed by atoms with Gasteiger partial charge in [0.2, 0.25) is 5.91 Å². The van der Waals surface area contributed by atoms with Crippen molar-refractivity contribution in [2.75, 3.05) is 5.32 Å². The van der Waals surface area contributed by atoms with Gasteiger partial charge < -0.3 is 5.32 Å². The lowest BCUT2D eigenvalue weighted by Gasteiger charge is -2.23. The van der Waals surface area contributed by atoms with Gasteiger partial charge in [0.1, 0.15) is 11.6 Å². The highest BCUT2D eigenvalue weighted by atomic mass is 19.1. The first-order valence-corrected chi connectivity index (χ1v) is 8.11. The zero-order chi connectivity index (χ0) is 17.1. The molecule has 2 aromatic carbocycles. The Morgan fingerprint density at radius 3 is 2.50 bits per heavy atom. The van der Waals surface area contributed by atoms with Gasteiger partial charge in [0, 0.05) is 12.1 Å². The fourth-order valence-electron chi connectivity index (χ4n) is 2.77. The predicted molar refractivity (Wildman–Crippen MR) is 89.5 cm³/mol. The van der Waals surface area contributed by atoms with Crippen LogP contribution in [0.4, 0.5) is 14.5 Å². The SMILES string of the molecule is C[C@H](N[C@H](c1ccccc1)C1CC1)C(=O)Nc1cc(F)ccc1F. The van der Waals surface area contributed by atoms with Crippen molar-refractivity contribution in [3.05, 3.63) is 65.7 Å². The predicted octanol–water partition coefficient (Wildman–Crippen LogP) is 4.03. The minimum Gasteiger partial charge on any atom is -0.322 e. The van der Waals surface area contributed by atoms with Gasteiger partial charge in [0.25, 0.3) is 0 Å². The smallest absolute Gasteiger partial charge is 0.241 e. The maximum Gasteiger partial charge on any atom is 0.241 e. The van der Waals surface area contributed by atoms with Crippen LogP contribution in [0.5, 0.6) is 0 Å². The molecule has 2 aromatic rings. The number of anilines is 1. The fraction of sp³-hybridized carbons (Fsp3) is 0.316. The molecular formula is C19H20F2N2O. The Kier molecular flexibility index (Phi) is 4.90. The summed E-state index contributed by atoms with van der Waals surface area (Å²) in [6.45, 7) is 1.73. The monoisotopic (exact) mass is 330 g/mol. The highest BCUT2D eigenvalue weighted by molar-refractivity contribution is 5.94. The Bertz CT molecular complexity index is 717. The van der Waals surface area contributed by atoms with E-state index in [1.54, 1.807) is 6.92 Å². The van der Waals surface area contributed by atoms with Crippen molar-refractivity contribution in [3.8, 4) is 0 Å². The standard InChI is InChI=1S/C19H20F2N2O/c1-12(19(24)23-17-11-15(20)9-10-16(17)21)22-18(14-7-8-14)13-5-3-2-4-6-13/h2-6,9-12,14,18,22H,7-8H2,1H3,(H,23,24)/t12-,18+/m0/s1. The lowest BCUT2D eigenvalue weighted by molar-refractivity contribution is -0.118. The second-order valence-electron chi connectivity index (χ2n) is 6.23. The Hall–Kier alpha value is -2.27.